The van der Waals surface area contributed by atoms with Crippen molar-refractivity contribution in [3.05, 3.63) is 302 Å². The third-order valence-electron chi connectivity index (χ3n) is 13.8. The summed E-state index contributed by atoms with van der Waals surface area (Å²) in [5, 5.41) is 0. The maximum absolute atomic E-state index is 4.07. The highest BCUT2D eigenvalue weighted by molar-refractivity contribution is 9.10. The van der Waals surface area contributed by atoms with Crippen molar-refractivity contribution in [3.63, 3.8) is 0 Å². The van der Waals surface area contributed by atoms with Crippen molar-refractivity contribution < 1.29 is 0 Å². The molecule has 2 atom stereocenters. The van der Waals surface area contributed by atoms with Crippen LogP contribution in [0.15, 0.2) is 258 Å². The number of fused-ring (bicyclic) bond motifs is 6. The molecule has 12 rings (SSSR count). The number of rotatable bonds is 8. The summed E-state index contributed by atoms with van der Waals surface area (Å²) < 4.78 is 2.15. The monoisotopic (exact) mass is 957 g/mol. The van der Waals surface area contributed by atoms with E-state index in [1.54, 1.807) is 0 Å². The lowest BCUT2D eigenvalue weighted by molar-refractivity contribution is 0.763. The smallest absolute Gasteiger partial charge is 0.0725 e. The van der Waals surface area contributed by atoms with E-state index in [-0.39, 0.29) is 0 Å². The Bertz CT molecular complexity index is 3210. The zero-order chi connectivity index (χ0) is 43.5. The summed E-state index contributed by atoms with van der Waals surface area (Å²) >= 11 is 8.14. The second kappa shape index (κ2) is 15.9. The molecule has 2 unspecified atom stereocenters. The van der Waals surface area contributed by atoms with Gasteiger partial charge in [-0.05, 0) is 126 Å². The molecule has 0 bridgehead atoms. The fraction of sp³-hybridized carbons (Fsp3) is 0.0323. The van der Waals surface area contributed by atoms with Crippen molar-refractivity contribution in [2.75, 3.05) is 4.90 Å². The van der Waals surface area contributed by atoms with Gasteiger partial charge < -0.3 is 4.90 Å². The molecule has 10 aromatic carbocycles. The normalized spacial score (nSPS) is 16.6. The van der Waals surface area contributed by atoms with Gasteiger partial charge in [-0.15, -0.1) is 0 Å². The lowest BCUT2D eigenvalue weighted by atomic mass is 9.67. The van der Waals surface area contributed by atoms with Crippen LogP contribution in [0.5, 0.6) is 0 Å². The van der Waals surface area contributed by atoms with Gasteiger partial charge in [0.15, 0.2) is 0 Å². The Kier molecular flexibility index (Phi) is 9.67. The van der Waals surface area contributed by atoms with E-state index < -0.39 is 10.8 Å². The van der Waals surface area contributed by atoms with Gasteiger partial charge in [-0.3, -0.25) is 0 Å². The first kappa shape index (κ1) is 39.5. The maximum atomic E-state index is 4.07. The summed E-state index contributed by atoms with van der Waals surface area (Å²) in [5.41, 5.74) is 19.4. The van der Waals surface area contributed by atoms with Gasteiger partial charge in [0.1, 0.15) is 0 Å². The molecule has 0 heterocycles. The Labute approximate surface area is 397 Å². The minimum Gasteiger partial charge on any atom is -0.310 e. The fourth-order valence-corrected chi connectivity index (χ4v) is 12.3. The number of benzene rings is 10. The van der Waals surface area contributed by atoms with E-state index in [9.17, 15) is 0 Å². The summed E-state index contributed by atoms with van der Waals surface area (Å²) in [6.45, 7) is 0. The SMILES string of the molecule is Brc1ccccc1C1(c2ccccc2)c2ccccc2-c2ccc(N(c3ccc(-c4ccccc4)cc3)c3ccc4c(c3)C(c3ccccc3)(c3ccccc3Br)c3ccccc3-4)cc21. The molecule has 0 fully saturated rings. The molecule has 0 spiro atoms. The Hall–Kier alpha value is -7.04. The lowest BCUT2D eigenvalue weighted by Crippen LogP contribution is -2.29. The van der Waals surface area contributed by atoms with Crippen LogP contribution in [0.1, 0.15) is 44.5 Å². The molecule has 3 heteroatoms. The zero-order valence-corrected chi connectivity index (χ0v) is 38.5. The van der Waals surface area contributed by atoms with Gasteiger partial charge in [-0.25, -0.2) is 0 Å². The molecule has 0 aromatic heterocycles. The molecule has 0 saturated heterocycles. The number of hydrogen-bond acceptors (Lipinski definition) is 1. The summed E-state index contributed by atoms with van der Waals surface area (Å²) in [4.78, 5) is 2.47. The summed E-state index contributed by atoms with van der Waals surface area (Å²) in [7, 11) is 0. The molecule has 0 saturated carbocycles. The number of halogens is 2. The van der Waals surface area contributed by atoms with Crippen LogP contribution < -0.4 is 4.90 Å². The first-order valence-corrected chi connectivity index (χ1v) is 23.7. The van der Waals surface area contributed by atoms with Gasteiger partial charge in [-0.2, -0.15) is 0 Å². The number of hydrogen-bond donors (Lipinski definition) is 0. The molecule has 0 radical (unpaired) electrons. The third kappa shape index (κ3) is 6.03. The lowest BCUT2D eigenvalue weighted by Gasteiger charge is -2.36. The van der Waals surface area contributed by atoms with Gasteiger partial charge in [-0.1, -0.05) is 232 Å². The molecule has 0 amide bonds. The number of anilines is 3. The van der Waals surface area contributed by atoms with Crippen molar-refractivity contribution >= 4 is 48.9 Å². The van der Waals surface area contributed by atoms with Crippen molar-refractivity contribution in [1.29, 1.82) is 0 Å². The van der Waals surface area contributed by atoms with E-state index in [2.05, 4.69) is 285 Å². The number of nitrogens with zero attached hydrogens (tertiary/aromatic N) is 1. The van der Waals surface area contributed by atoms with Crippen LogP contribution >= 0.6 is 31.9 Å². The van der Waals surface area contributed by atoms with Gasteiger partial charge in [0.05, 0.1) is 10.8 Å². The topological polar surface area (TPSA) is 3.24 Å². The molecule has 65 heavy (non-hydrogen) atoms. The van der Waals surface area contributed by atoms with Crippen LogP contribution in [0.25, 0.3) is 33.4 Å². The molecular formula is C62H41Br2N. The summed E-state index contributed by atoms with van der Waals surface area (Å²) in [6.07, 6.45) is 0. The molecule has 1 nitrogen and oxygen atoms in total. The first-order chi connectivity index (χ1) is 32.1. The first-order valence-electron chi connectivity index (χ1n) is 22.1. The average Bonchev–Trinajstić information content (AvgIpc) is 3.83. The van der Waals surface area contributed by atoms with Crippen molar-refractivity contribution in [1.82, 2.24) is 0 Å². The summed E-state index contributed by atoms with van der Waals surface area (Å²) in [5.74, 6) is 0. The predicted molar refractivity (Wildman–Crippen MR) is 277 cm³/mol. The maximum Gasteiger partial charge on any atom is 0.0725 e. The molecule has 2 aliphatic carbocycles. The van der Waals surface area contributed by atoms with E-state index in [0.717, 1.165) is 26.0 Å². The van der Waals surface area contributed by atoms with Crippen LogP contribution in [0.2, 0.25) is 0 Å². The molecule has 10 aromatic rings. The van der Waals surface area contributed by atoms with Gasteiger partial charge >= 0.3 is 0 Å². The predicted octanol–water partition coefficient (Wildman–Crippen LogP) is 17.1. The van der Waals surface area contributed by atoms with Crippen LogP contribution in [0.4, 0.5) is 17.1 Å². The summed E-state index contributed by atoms with van der Waals surface area (Å²) in [6, 6.07) is 91.5. The van der Waals surface area contributed by atoms with E-state index in [1.807, 2.05) is 0 Å². The Morgan fingerprint density at radius 3 is 1.05 bits per heavy atom. The van der Waals surface area contributed by atoms with Crippen LogP contribution in [-0.2, 0) is 10.8 Å². The van der Waals surface area contributed by atoms with Crippen molar-refractivity contribution in [2.24, 2.45) is 0 Å². The van der Waals surface area contributed by atoms with Crippen LogP contribution in [-0.4, -0.2) is 0 Å². The zero-order valence-electron chi connectivity index (χ0n) is 35.4. The van der Waals surface area contributed by atoms with Gasteiger partial charge in [0.2, 0.25) is 0 Å². The van der Waals surface area contributed by atoms with Crippen LogP contribution in [0.3, 0.4) is 0 Å². The van der Waals surface area contributed by atoms with E-state index in [0.29, 0.717) is 0 Å². The molecular weight excluding hydrogens is 918 g/mol. The van der Waals surface area contributed by atoms with Crippen LogP contribution in [0, 0.1) is 0 Å². The molecule has 2 aliphatic rings. The van der Waals surface area contributed by atoms with E-state index in [4.69, 9.17) is 0 Å². The van der Waals surface area contributed by atoms with E-state index >= 15 is 0 Å². The second-order valence-electron chi connectivity index (χ2n) is 17.0. The Balaban J connectivity index is 1.14. The minimum absolute atomic E-state index is 0.590. The Morgan fingerprint density at radius 2 is 0.600 bits per heavy atom. The average molecular weight is 960 g/mol. The standard InChI is InChI=1S/C62H41Br2N/c63-59-30-16-14-28-55(59)61(44-20-6-2-7-21-44)53-26-12-10-24-49(53)51-38-36-47(40-57(51)61)65(46-34-32-43(33-35-46)42-18-4-1-5-19-42)48-37-39-52-50-25-11-13-27-54(50)62(58(52)41-48,45-22-8-3-9-23-45)56-29-15-17-31-60(56)64/h1-41H. The quantitative estimate of drug-likeness (QED) is 0.147. The van der Waals surface area contributed by atoms with Crippen molar-refractivity contribution in [2.45, 2.75) is 10.8 Å². The minimum atomic E-state index is -0.590. The van der Waals surface area contributed by atoms with E-state index in [1.165, 1.54) is 77.9 Å². The fourth-order valence-electron chi connectivity index (χ4n) is 11.1. The molecule has 308 valence electrons. The highest BCUT2D eigenvalue weighted by Crippen LogP contribution is 2.60. The largest absolute Gasteiger partial charge is 0.310 e. The highest BCUT2D eigenvalue weighted by atomic mass is 79.9. The van der Waals surface area contributed by atoms with Crippen molar-refractivity contribution in [3.8, 4) is 33.4 Å². The highest BCUT2D eigenvalue weighted by Gasteiger charge is 2.49. The molecule has 0 aliphatic heterocycles. The molecule has 0 N–H and O–H groups in total. The van der Waals surface area contributed by atoms with Gasteiger partial charge in [0.25, 0.3) is 0 Å². The second-order valence-corrected chi connectivity index (χ2v) is 18.7. The Morgan fingerprint density at radius 1 is 0.262 bits per heavy atom. The third-order valence-corrected chi connectivity index (χ3v) is 15.2. The van der Waals surface area contributed by atoms with Gasteiger partial charge in [0, 0.05) is 26.0 Å².